The molecule has 2 aliphatic heterocycles. The Balaban J connectivity index is 1.43. The Morgan fingerprint density at radius 2 is 1.87 bits per heavy atom. The van der Waals surface area contributed by atoms with Crippen molar-refractivity contribution in [3.63, 3.8) is 0 Å². The molecule has 4 rings (SSSR count). The van der Waals surface area contributed by atoms with Crippen molar-refractivity contribution < 1.29 is 14.3 Å². The summed E-state index contributed by atoms with van der Waals surface area (Å²) in [7, 11) is 0. The Hall–Kier alpha value is -1.47. The minimum atomic E-state index is 0.138. The van der Waals surface area contributed by atoms with Crippen LogP contribution in [0.3, 0.4) is 0 Å². The van der Waals surface area contributed by atoms with E-state index in [9.17, 15) is 4.79 Å². The average molecular weight is 320 g/mol. The van der Waals surface area contributed by atoms with E-state index >= 15 is 0 Å². The molecule has 1 aliphatic carbocycles. The van der Waals surface area contributed by atoms with E-state index in [1.54, 1.807) is 12.7 Å². The maximum Gasteiger partial charge on any atom is 0.226 e. The van der Waals surface area contributed by atoms with Gasteiger partial charge >= 0.3 is 0 Å². The second-order valence-corrected chi connectivity index (χ2v) is 6.82. The van der Waals surface area contributed by atoms with Crippen LogP contribution in [0, 0.1) is 11.8 Å². The molecule has 1 amide bonds. The van der Waals surface area contributed by atoms with Gasteiger partial charge in [0.1, 0.15) is 12.7 Å². The second kappa shape index (κ2) is 6.57. The van der Waals surface area contributed by atoms with Crippen LogP contribution in [0.2, 0.25) is 0 Å². The van der Waals surface area contributed by atoms with Crippen LogP contribution in [-0.4, -0.2) is 64.1 Å². The van der Waals surface area contributed by atoms with Crippen LogP contribution in [0.15, 0.2) is 12.7 Å². The molecule has 3 atom stereocenters. The van der Waals surface area contributed by atoms with E-state index < -0.39 is 0 Å². The first-order chi connectivity index (χ1) is 11.3. The molecular weight excluding hydrogens is 296 g/mol. The SMILES string of the molecule is O=C(C1CCOCC1)N1CCO[C@@H]2[C@@H](Cn3cnnc3)CC[C@@H]21. The van der Waals surface area contributed by atoms with Gasteiger partial charge in [0, 0.05) is 38.1 Å². The van der Waals surface area contributed by atoms with Gasteiger partial charge < -0.3 is 18.9 Å². The molecule has 0 spiro atoms. The topological polar surface area (TPSA) is 69.5 Å². The number of ether oxygens (including phenoxy) is 2. The molecule has 0 bridgehead atoms. The molecular formula is C16H24N4O3. The smallest absolute Gasteiger partial charge is 0.226 e. The summed E-state index contributed by atoms with van der Waals surface area (Å²) in [5.74, 6) is 0.886. The van der Waals surface area contributed by atoms with Crippen LogP contribution in [0.25, 0.3) is 0 Å². The van der Waals surface area contributed by atoms with Crippen LogP contribution >= 0.6 is 0 Å². The zero-order valence-corrected chi connectivity index (χ0v) is 13.3. The summed E-state index contributed by atoms with van der Waals surface area (Å²) < 4.78 is 13.5. The van der Waals surface area contributed by atoms with Crippen molar-refractivity contribution in [2.24, 2.45) is 11.8 Å². The van der Waals surface area contributed by atoms with Gasteiger partial charge in [0.05, 0.1) is 18.8 Å². The van der Waals surface area contributed by atoms with Gasteiger partial charge in [-0.25, -0.2) is 0 Å². The quantitative estimate of drug-likeness (QED) is 0.820. The molecule has 0 unspecified atom stereocenters. The van der Waals surface area contributed by atoms with Crippen molar-refractivity contribution in [1.29, 1.82) is 0 Å². The van der Waals surface area contributed by atoms with Crippen molar-refractivity contribution in [1.82, 2.24) is 19.7 Å². The van der Waals surface area contributed by atoms with Crippen LogP contribution in [-0.2, 0) is 20.8 Å². The van der Waals surface area contributed by atoms with Crippen LogP contribution in [0.1, 0.15) is 25.7 Å². The Labute approximate surface area is 135 Å². The molecule has 0 aromatic carbocycles. The van der Waals surface area contributed by atoms with Gasteiger partial charge in [-0.15, -0.1) is 10.2 Å². The lowest BCUT2D eigenvalue weighted by Crippen LogP contribution is -2.54. The average Bonchev–Trinajstić information content (AvgIpc) is 3.25. The first-order valence-electron chi connectivity index (χ1n) is 8.65. The molecule has 2 saturated heterocycles. The highest BCUT2D eigenvalue weighted by atomic mass is 16.5. The highest BCUT2D eigenvalue weighted by Gasteiger charge is 2.45. The van der Waals surface area contributed by atoms with E-state index in [-0.39, 0.29) is 18.1 Å². The summed E-state index contributed by atoms with van der Waals surface area (Å²) in [5.41, 5.74) is 0. The molecule has 0 N–H and O–H groups in total. The number of rotatable bonds is 3. The minimum Gasteiger partial charge on any atom is -0.381 e. The van der Waals surface area contributed by atoms with Gasteiger partial charge in [-0.05, 0) is 25.7 Å². The zero-order chi connectivity index (χ0) is 15.6. The van der Waals surface area contributed by atoms with E-state index in [2.05, 4.69) is 15.1 Å². The third-order valence-electron chi connectivity index (χ3n) is 5.49. The lowest BCUT2D eigenvalue weighted by atomic mass is 9.96. The van der Waals surface area contributed by atoms with Gasteiger partial charge in [0.15, 0.2) is 0 Å². The number of fused-ring (bicyclic) bond motifs is 1. The van der Waals surface area contributed by atoms with Gasteiger partial charge in [-0.2, -0.15) is 0 Å². The number of amides is 1. The van der Waals surface area contributed by atoms with E-state index in [0.29, 0.717) is 31.6 Å². The molecule has 7 heteroatoms. The largest absolute Gasteiger partial charge is 0.381 e. The monoisotopic (exact) mass is 320 g/mol. The molecule has 126 valence electrons. The molecule has 1 aromatic rings. The molecule has 23 heavy (non-hydrogen) atoms. The standard InChI is InChI=1S/C16H24N4O3/c21-16(12-3-6-22-7-4-12)20-5-8-23-15-13(1-2-14(15)20)9-19-10-17-18-11-19/h10-15H,1-9H2/t13-,14+,15-/m1/s1. The number of hydrogen-bond donors (Lipinski definition) is 0. The van der Waals surface area contributed by atoms with E-state index in [1.165, 1.54) is 0 Å². The lowest BCUT2D eigenvalue weighted by molar-refractivity contribution is -0.153. The number of nitrogens with zero attached hydrogens (tertiary/aromatic N) is 4. The first kappa shape index (κ1) is 15.1. The summed E-state index contributed by atoms with van der Waals surface area (Å²) in [6.07, 6.45) is 7.49. The van der Waals surface area contributed by atoms with E-state index in [1.807, 2.05) is 4.57 Å². The fraction of sp³-hybridized carbons (Fsp3) is 0.812. The fourth-order valence-corrected chi connectivity index (χ4v) is 4.30. The summed E-state index contributed by atoms with van der Waals surface area (Å²) in [6.45, 7) is 3.68. The van der Waals surface area contributed by atoms with Crippen molar-refractivity contribution in [2.45, 2.75) is 44.4 Å². The molecule has 7 nitrogen and oxygen atoms in total. The van der Waals surface area contributed by atoms with Gasteiger partial charge in [-0.3, -0.25) is 4.79 Å². The van der Waals surface area contributed by atoms with Crippen molar-refractivity contribution in [3.8, 4) is 0 Å². The Morgan fingerprint density at radius 3 is 2.65 bits per heavy atom. The first-order valence-corrected chi connectivity index (χ1v) is 8.65. The highest BCUT2D eigenvalue weighted by Crippen LogP contribution is 2.36. The third kappa shape index (κ3) is 2.99. The maximum absolute atomic E-state index is 12.9. The Morgan fingerprint density at radius 1 is 1.09 bits per heavy atom. The lowest BCUT2D eigenvalue weighted by Gasteiger charge is -2.41. The molecule has 3 heterocycles. The second-order valence-electron chi connectivity index (χ2n) is 6.82. The van der Waals surface area contributed by atoms with Gasteiger partial charge in [0.25, 0.3) is 0 Å². The Kier molecular flexibility index (Phi) is 4.31. The normalized spacial score (nSPS) is 32.0. The van der Waals surface area contributed by atoms with E-state index in [4.69, 9.17) is 9.47 Å². The number of hydrogen-bond acceptors (Lipinski definition) is 5. The minimum absolute atomic E-state index is 0.138. The summed E-state index contributed by atoms with van der Waals surface area (Å²) >= 11 is 0. The summed E-state index contributed by atoms with van der Waals surface area (Å²) in [4.78, 5) is 15.0. The Bertz CT molecular complexity index is 529. The van der Waals surface area contributed by atoms with Crippen LogP contribution in [0.5, 0.6) is 0 Å². The van der Waals surface area contributed by atoms with Crippen LogP contribution < -0.4 is 0 Å². The maximum atomic E-state index is 12.9. The molecule has 0 radical (unpaired) electrons. The third-order valence-corrected chi connectivity index (χ3v) is 5.49. The van der Waals surface area contributed by atoms with Gasteiger partial charge in [-0.1, -0.05) is 0 Å². The predicted octanol–water partition coefficient (Wildman–Crippen LogP) is 0.711. The van der Waals surface area contributed by atoms with Crippen molar-refractivity contribution >= 4 is 5.91 Å². The number of morpholine rings is 1. The number of aromatic nitrogens is 3. The number of carbonyl (C=O) groups is 1. The number of carbonyl (C=O) groups excluding carboxylic acids is 1. The summed E-state index contributed by atoms with van der Waals surface area (Å²) in [6, 6.07) is 0.237. The summed E-state index contributed by atoms with van der Waals surface area (Å²) in [5, 5.41) is 7.74. The molecule has 3 aliphatic rings. The molecule has 1 saturated carbocycles. The van der Waals surface area contributed by atoms with E-state index in [0.717, 1.165) is 38.8 Å². The predicted molar refractivity (Wildman–Crippen MR) is 81.5 cm³/mol. The van der Waals surface area contributed by atoms with Crippen molar-refractivity contribution in [2.75, 3.05) is 26.4 Å². The fourth-order valence-electron chi connectivity index (χ4n) is 4.30. The van der Waals surface area contributed by atoms with Crippen molar-refractivity contribution in [3.05, 3.63) is 12.7 Å². The molecule has 3 fully saturated rings. The van der Waals surface area contributed by atoms with Crippen LogP contribution in [0.4, 0.5) is 0 Å². The van der Waals surface area contributed by atoms with Gasteiger partial charge in [0.2, 0.25) is 5.91 Å². The molecule has 1 aromatic heterocycles. The highest BCUT2D eigenvalue weighted by molar-refractivity contribution is 5.79. The zero-order valence-electron chi connectivity index (χ0n) is 13.3.